The standard InChI is InChI=1S/C8H15N3/c1-8(4-3-5-9-2)10-6-7-11-8/h6-7,9H,3-5H2,1-2H3. The summed E-state index contributed by atoms with van der Waals surface area (Å²) in [6.07, 6.45) is 5.71. The molecular weight excluding hydrogens is 138 g/mol. The molecule has 1 aliphatic rings. The maximum Gasteiger partial charge on any atom is 0.147 e. The van der Waals surface area contributed by atoms with Crippen molar-refractivity contribution in [3.63, 3.8) is 0 Å². The van der Waals surface area contributed by atoms with Gasteiger partial charge in [-0.15, -0.1) is 0 Å². The molecule has 0 radical (unpaired) electrons. The van der Waals surface area contributed by atoms with Crippen LogP contribution in [0.4, 0.5) is 0 Å². The summed E-state index contributed by atoms with van der Waals surface area (Å²) in [5, 5.41) is 3.11. The molecule has 11 heavy (non-hydrogen) atoms. The van der Waals surface area contributed by atoms with Gasteiger partial charge in [0, 0.05) is 12.4 Å². The molecule has 1 rings (SSSR count). The summed E-state index contributed by atoms with van der Waals surface area (Å²) in [4.78, 5) is 8.53. The fraction of sp³-hybridized carbons (Fsp3) is 0.750. The first-order valence-electron chi connectivity index (χ1n) is 4.00. The Kier molecular flexibility index (Phi) is 2.76. The molecular formula is C8H15N3. The SMILES string of the molecule is CNCCCC1(C)N=CC=N1. The Hall–Kier alpha value is -0.700. The molecule has 0 atom stereocenters. The van der Waals surface area contributed by atoms with Gasteiger partial charge in [0.15, 0.2) is 0 Å². The van der Waals surface area contributed by atoms with Crippen LogP contribution in [0.5, 0.6) is 0 Å². The van der Waals surface area contributed by atoms with E-state index in [0.29, 0.717) is 0 Å². The summed E-state index contributed by atoms with van der Waals surface area (Å²) < 4.78 is 0. The predicted octanol–water partition coefficient (Wildman–Crippen LogP) is 0.857. The summed E-state index contributed by atoms with van der Waals surface area (Å²) in [7, 11) is 1.96. The van der Waals surface area contributed by atoms with Crippen LogP contribution in [0.1, 0.15) is 19.8 Å². The highest BCUT2D eigenvalue weighted by Crippen LogP contribution is 2.20. The Morgan fingerprint density at radius 3 is 2.55 bits per heavy atom. The lowest BCUT2D eigenvalue weighted by molar-refractivity contribution is 0.447. The number of nitrogens with one attached hydrogen (secondary N) is 1. The van der Waals surface area contributed by atoms with Crippen LogP contribution in [-0.4, -0.2) is 31.7 Å². The van der Waals surface area contributed by atoms with Crippen LogP contribution < -0.4 is 5.32 Å². The lowest BCUT2D eigenvalue weighted by Gasteiger charge is -2.16. The molecule has 0 aromatic carbocycles. The third-order valence-corrected chi connectivity index (χ3v) is 1.85. The van der Waals surface area contributed by atoms with E-state index in [1.165, 1.54) is 0 Å². The van der Waals surface area contributed by atoms with E-state index in [4.69, 9.17) is 0 Å². The molecule has 1 heterocycles. The van der Waals surface area contributed by atoms with Gasteiger partial charge in [0.05, 0.1) is 0 Å². The minimum absolute atomic E-state index is 0.156. The number of aliphatic imine (C=N–C) groups is 2. The molecule has 0 aromatic rings. The number of hydrogen-bond acceptors (Lipinski definition) is 3. The second kappa shape index (κ2) is 3.62. The van der Waals surface area contributed by atoms with E-state index in [2.05, 4.69) is 22.2 Å². The average molecular weight is 153 g/mol. The van der Waals surface area contributed by atoms with E-state index in [0.717, 1.165) is 19.4 Å². The maximum absolute atomic E-state index is 4.26. The zero-order valence-corrected chi connectivity index (χ0v) is 7.17. The van der Waals surface area contributed by atoms with Crippen molar-refractivity contribution in [2.75, 3.05) is 13.6 Å². The van der Waals surface area contributed by atoms with Crippen molar-refractivity contribution >= 4 is 12.4 Å². The smallest absolute Gasteiger partial charge is 0.147 e. The monoisotopic (exact) mass is 153 g/mol. The molecule has 0 aromatic heterocycles. The summed E-state index contributed by atoms with van der Waals surface area (Å²) >= 11 is 0. The van der Waals surface area contributed by atoms with Gasteiger partial charge in [0.2, 0.25) is 0 Å². The van der Waals surface area contributed by atoms with Crippen LogP contribution in [0, 0.1) is 0 Å². The fourth-order valence-corrected chi connectivity index (χ4v) is 1.15. The summed E-state index contributed by atoms with van der Waals surface area (Å²) in [6.45, 7) is 3.10. The maximum atomic E-state index is 4.26. The quantitative estimate of drug-likeness (QED) is 0.597. The van der Waals surface area contributed by atoms with Gasteiger partial charge in [-0.2, -0.15) is 0 Å². The highest BCUT2D eigenvalue weighted by atomic mass is 15.1. The number of rotatable bonds is 4. The second-order valence-corrected chi connectivity index (χ2v) is 2.98. The topological polar surface area (TPSA) is 36.8 Å². The zero-order chi connectivity index (χ0) is 8.16. The summed E-state index contributed by atoms with van der Waals surface area (Å²) in [5.41, 5.74) is -0.156. The van der Waals surface area contributed by atoms with E-state index >= 15 is 0 Å². The Bertz CT molecular complexity index is 160. The molecule has 0 amide bonds. The van der Waals surface area contributed by atoms with Gasteiger partial charge in [-0.3, -0.25) is 9.98 Å². The molecule has 62 valence electrons. The van der Waals surface area contributed by atoms with Crippen LogP contribution >= 0.6 is 0 Å². The van der Waals surface area contributed by atoms with E-state index in [9.17, 15) is 0 Å². The molecule has 0 fully saturated rings. The molecule has 1 aliphatic heterocycles. The molecule has 0 unspecified atom stereocenters. The Morgan fingerprint density at radius 1 is 1.36 bits per heavy atom. The molecule has 0 bridgehead atoms. The van der Waals surface area contributed by atoms with E-state index in [1.54, 1.807) is 12.4 Å². The summed E-state index contributed by atoms with van der Waals surface area (Å²) in [6, 6.07) is 0. The van der Waals surface area contributed by atoms with Crippen LogP contribution in [-0.2, 0) is 0 Å². The molecule has 0 saturated heterocycles. The molecule has 0 saturated carbocycles. The van der Waals surface area contributed by atoms with E-state index in [1.807, 2.05) is 7.05 Å². The van der Waals surface area contributed by atoms with Crippen molar-refractivity contribution in [1.82, 2.24) is 5.32 Å². The van der Waals surface area contributed by atoms with Crippen molar-refractivity contribution in [2.45, 2.75) is 25.4 Å². The normalized spacial score (nSPS) is 19.5. The minimum Gasteiger partial charge on any atom is -0.320 e. The fourth-order valence-electron chi connectivity index (χ4n) is 1.15. The van der Waals surface area contributed by atoms with Crippen molar-refractivity contribution < 1.29 is 0 Å². The highest BCUT2D eigenvalue weighted by Gasteiger charge is 2.21. The van der Waals surface area contributed by atoms with Crippen molar-refractivity contribution in [1.29, 1.82) is 0 Å². The predicted molar refractivity (Wildman–Crippen MR) is 48.5 cm³/mol. The number of hydrogen-bond donors (Lipinski definition) is 1. The Balaban J connectivity index is 2.25. The van der Waals surface area contributed by atoms with Crippen LogP contribution in [0.25, 0.3) is 0 Å². The van der Waals surface area contributed by atoms with Crippen LogP contribution in [0.2, 0.25) is 0 Å². The van der Waals surface area contributed by atoms with Gasteiger partial charge in [-0.25, -0.2) is 0 Å². The Labute approximate surface area is 67.6 Å². The van der Waals surface area contributed by atoms with Crippen molar-refractivity contribution in [3.8, 4) is 0 Å². The average Bonchev–Trinajstić information content (AvgIpc) is 2.38. The highest BCUT2D eigenvalue weighted by molar-refractivity contribution is 6.17. The van der Waals surface area contributed by atoms with Crippen molar-refractivity contribution in [2.24, 2.45) is 9.98 Å². The molecule has 3 heteroatoms. The zero-order valence-electron chi connectivity index (χ0n) is 7.17. The first kappa shape index (κ1) is 8.40. The lowest BCUT2D eigenvalue weighted by Crippen LogP contribution is -2.19. The van der Waals surface area contributed by atoms with Crippen molar-refractivity contribution in [3.05, 3.63) is 0 Å². The molecule has 3 nitrogen and oxygen atoms in total. The van der Waals surface area contributed by atoms with E-state index in [-0.39, 0.29) is 5.66 Å². The van der Waals surface area contributed by atoms with Crippen LogP contribution in [0.15, 0.2) is 9.98 Å². The largest absolute Gasteiger partial charge is 0.320 e. The van der Waals surface area contributed by atoms with Gasteiger partial charge in [0.1, 0.15) is 5.66 Å². The second-order valence-electron chi connectivity index (χ2n) is 2.98. The van der Waals surface area contributed by atoms with Gasteiger partial charge >= 0.3 is 0 Å². The van der Waals surface area contributed by atoms with Gasteiger partial charge < -0.3 is 5.32 Å². The third kappa shape index (κ3) is 2.42. The van der Waals surface area contributed by atoms with Crippen LogP contribution in [0.3, 0.4) is 0 Å². The third-order valence-electron chi connectivity index (χ3n) is 1.85. The Morgan fingerprint density at radius 2 is 2.00 bits per heavy atom. The molecule has 0 spiro atoms. The number of nitrogens with zero attached hydrogens (tertiary/aromatic N) is 2. The molecule has 1 N–H and O–H groups in total. The van der Waals surface area contributed by atoms with Gasteiger partial charge in [-0.1, -0.05) is 0 Å². The first-order valence-corrected chi connectivity index (χ1v) is 4.00. The summed E-state index contributed by atoms with van der Waals surface area (Å²) in [5.74, 6) is 0. The van der Waals surface area contributed by atoms with Gasteiger partial charge in [-0.05, 0) is 33.4 Å². The first-order chi connectivity index (χ1) is 5.27. The van der Waals surface area contributed by atoms with E-state index < -0.39 is 0 Å². The minimum atomic E-state index is -0.156. The van der Waals surface area contributed by atoms with Gasteiger partial charge in [0.25, 0.3) is 0 Å². The molecule has 0 aliphatic carbocycles. The lowest BCUT2D eigenvalue weighted by atomic mass is 10.1.